The van der Waals surface area contributed by atoms with Crippen molar-refractivity contribution < 1.29 is 22.3 Å². The number of halogens is 1. The van der Waals surface area contributed by atoms with Crippen molar-refractivity contribution in [1.82, 2.24) is 0 Å². The van der Waals surface area contributed by atoms with E-state index in [0.717, 1.165) is 18.2 Å². The first-order chi connectivity index (χ1) is 11.1. The molecule has 0 N–H and O–H groups in total. The monoisotopic (exact) mass is 413 g/mol. The van der Waals surface area contributed by atoms with Gasteiger partial charge in [0.1, 0.15) is 4.90 Å². The fraction of sp³-hybridized carbons (Fsp3) is 0.133. The zero-order chi connectivity index (χ0) is 18.1. The molecule has 0 amide bonds. The average Bonchev–Trinajstić information content (AvgIpc) is 2.48. The van der Waals surface area contributed by atoms with Gasteiger partial charge in [-0.05, 0) is 43.7 Å². The van der Waals surface area contributed by atoms with Gasteiger partial charge < -0.3 is 4.18 Å². The third-order valence-corrected chi connectivity index (χ3v) is 5.05. The van der Waals surface area contributed by atoms with Crippen LogP contribution in [0.5, 0.6) is 5.75 Å². The third-order valence-electron chi connectivity index (χ3n) is 3.16. The maximum Gasteiger partial charge on any atom is 0.339 e. The van der Waals surface area contributed by atoms with Gasteiger partial charge in [-0.15, -0.1) is 0 Å². The second-order valence-corrected chi connectivity index (χ2v) is 7.37. The largest absolute Gasteiger partial charge is 0.378 e. The van der Waals surface area contributed by atoms with Crippen LogP contribution in [0, 0.1) is 17.0 Å². The van der Waals surface area contributed by atoms with Gasteiger partial charge in [0.05, 0.1) is 10.5 Å². The molecule has 0 unspecified atom stereocenters. The number of aryl methyl sites for hydroxylation is 1. The summed E-state index contributed by atoms with van der Waals surface area (Å²) >= 11 is 3.20. The van der Waals surface area contributed by atoms with Gasteiger partial charge in [-0.2, -0.15) is 8.42 Å². The maximum atomic E-state index is 12.4. The Morgan fingerprint density at radius 2 is 1.88 bits per heavy atom. The van der Waals surface area contributed by atoms with Crippen molar-refractivity contribution in [2.75, 3.05) is 0 Å². The predicted octanol–water partition coefficient (Wildman–Crippen LogP) is 3.64. The molecule has 7 nitrogen and oxygen atoms in total. The summed E-state index contributed by atoms with van der Waals surface area (Å²) in [7, 11) is -4.25. The van der Waals surface area contributed by atoms with E-state index in [2.05, 4.69) is 15.9 Å². The van der Waals surface area contributed by atoms with E-state index < -0.39 is 15.0 Å². The number of hydrogen-bond donors (Lipinski definition) is 0. The maximum absolute atomic E-state index is 12.4. The second-order valence-electron chi connectivity index (χ2n) is 4.94. The number of nitrogens with zero attached hydrogens (tertiary/aromatic N) is 1. The zero-order valence-corrected chi connectivity index (χ0v) is 15.0. The minimum Gasteiger partial charge on any atom is -0.378 e. The number of rotatable bonds is 5. The quantitative estimate of drug-likeness (QED) is 0.320. The number of Topliss-reactive ketones (excluding diaryl/α,β-unsaturated/α-hetero) is 1. The van der Waals surface area contributed by atoms with E-state index in [1.807, 2.05) is 0 Å². The summed E-state index contributed by atoms with van der Waals surface area (Å²) in [5, 5.41) is 10.7. The van der Waals surface area contributed by atoms with Crippen LogP contribution in [-0.2, 0) is 10.1 Å². The third kappa shape index (κ3) is 3.80. The summed E-state index contributed by atoms with van der Waals surface area (Å²) in [4.78, 5) is 21.6. The highest BCUT2D eigenvalue weighted by molar-refractivity contribution is 9.10. The molecule has 0 aromatic heterocycles. The molecule has 2 rings (SSSR count). The molecule has 0 heterocycles. The molecule has 0 aliphatic heterocycles. The molecule has 0 saturated heterocycles. The molecule has 0 aliphatic carbocycles. The molecule has 0 spiro atoms. The first kappa shape index (κ1) is 18.1. The van der Waals surface area contributed by atoms with E-state index in [9.17, 15) is 23.3 Å². The number of carbonyl (C=O) groups is 1. The molecule has 126 valence electrons. The number of nitro benzene ring substituents is 1. The fourth-order valence-electron chi connectivity index (χ4n) is 2.04. The predicted molar refractivity (Wildman–Crippen MR) is 89.8 cm³/mol. The lowest BCUT2D eigenvalue weighted by molar-refractivity contribution is -0.385. The average molecular weight is 414 g/mol. The van der Waals surface area contributed by atoms with Crippen molar-refractivity contribution in [3.05, 3.63) is 62.1 Å². The Bertz CT molecular complexity index is 939. The molecule has 0 atom stereocenters. The Labute approximate surface area is 146 Å². The number of non-ortho nitro benzene ring substituents is 1. The first-order valence-electron chi connectivity index (χ1n) is 6.62. The summed E-state index contributed by atoms with van der Waals surface area (Å²) < 4.78 is 30.6. The number of carbonyl (C=O) groups excluding carboxylic acids is 1. The molecule has 2 aromatic rings. The van der Waals surface area contributed by atoms with E-state index in [-0.39, 0.29) is 33.2 Å². The van der Waals surface area contributed by atoms with Crippen LogP contribution in [-0.4, -0.2) is 19.1 Å². The van der Waals surface area contributed by atoms with Crippen LogP contribution in [0.1, 0.15) is 22.8 Å². The fourth-order valence-corrected chi connectivity index (χ4v) is 3.56. The van der Waals surface area contributed by atoms with Gasteiger partial charge in [0.2, 0.25) is 0 Å². The highest BCUT2D eigenvalue weighted by Gasteiger charge is 2.23. The normalized spacial score (nSPS) is 11.1. The lowest BCUT2D eigenvalue weighted by Crippen LogP contribution is -2.13. The van der Waals surface area contributed by atoms with Gasteiger partial charge in [-0.25, -0.2) is 0 Å². The summed E-state index contributed by atoms with van der Waals surface area (Å²) in [6.07, 6.45) is 0. The van der Waals surface area contributed by atoms with Crippen molar-refractivity contribution in [1.29, 1.82) is 0 Å². The molecule has 0 bridgehead atoms. The van der Waals surface area contributed by atoms with Gasteiger partial charge >= 0.3 is 10.1 Å². The summed E-state index contributed by atoms with van der Waals surface area (Å²) in [6, 6.07) is 7.68. The van der Waals surface area contributed by atoms with Crippen LogP contribution >= 0.6 is 15.9 Å². The highest BCUT2D eigenvalue weighted by Crippen LogP contribution is 2.28. The van der Waals surface area contributed by atoms with Crippen molar-refractivity contribution in [3.8, 4) is 5.75 Å². The Kier molecular flexibility index (Phi) is 5.05. The Morgan fingerprint density at radius 1 is 1.21 bits per heavy atom. The lowest BCUT2D eigenvalue weighted by Gasteiger charge is -2.12. The molecule has 24 heavy (non-hydrogen) atoms. The van der Waals surface area contributed by atoms with Gasteiger partial charge in [0.25, 0.3) is 5.69 Å². The Balaban J connectivity index is 2.47. The topological polar surface area (TPSA) is 104 Å². The molecular formula is C15H12BrNO6S. The smallest absolute Gasteiger partial charge is 0.339 e. The number of hydrogen-bond acceptors (Lipinski definition) is 6. The van der Waals surface area contributed by atoms with Crippen LogP contribution in [0.15, 0.2) is 45.8 Å². The molecule has 9 heteroatoms. The van der Waals surface area contributed by atoms with E-state index in [0.29, 0.717) is 4.47 Å². The Morgan fingerprint density at radius 3 is 2.42 bits per heavy atom. The summed E-state index contributed by atoms with van der Waals surface area (Å²) in [6.45, 7) is 2.72. The van der Waals surface area contributed by atoms with Crippen LogP contribution in [0.2, 0.25) is 0 Å². The van der Waals surface area contributed by atoms with Crippen molar-refractivity contribution in [2.24, 2.45) is 0 Å². The minimum absolute atomic E-state index is 0.104. The van der Waals surface area contributed by atoms with Gasteiger partial charge in [0.15, 0.2) is 11.5 Å². The molecule has 0 radical (unpaired) electrons. The molecule has 0 aliphatic rings. The summed E-state index contributed by atoms with van der Waals surface area (Å²) in [5.41, 5.74) is 0.0534. The van der Waals surface area contributed by atoms with Crippen molar-refractivity contribution >= 4 is 37.5 Å². The molecular weight excluding hydrogens is 402 g/mol. The van der Waals surface area contributed by atoms with Crippen LogP contribution in [0.4, 0.5) is 5.69 Å². The minimum atomic E-state index is -4.25. The first-order valence-corrected chi connectivity index (χ1v) is 8.82. The Hall–Kier alpha value is -2.26. The lowest BCUT2D eigenvalue weighted by atomic mass is 10.1. The van der Waals surface area contributed by atoms with Crippen molar-refractivity contribution in [3.63, 3.8) is 0 Å². The van der Waals surface area contributed by atoms with E-state index in [1.165, 1.54) is 26.0 Å². The molecule has 0 saturated carbocycles. The number of nitro groups is 1. The zero-order valence-electron chi connectivity index (χ0n) is 12.6. The standard InChI is InChI=1S/C15H12BrNO6S/c1-9-7-12(17(19)20)4-6-15(9)24(21,22)23-14-5-3-11(16)8-13(14)10(2)18/h3-8H,1-2H3. The van der Waals surface area contributed by atoms with Crippen LogP contribution in [0.25, 0.3) is 0 Å². The van der Waals surface area contributed by atoms with Crippen LogP contribution < -0.4 is 4.18 Å². The van der Waals surface area contributed by atoms with E-state index in [1.54, 1.807) is 6.07 Å². The van der Waals surface area contributed by atoms with Crippen LogP contribution in [0.3, 0.4) is 0 Å². The van der Waals surface area contributed by atoms with Crippen molar-refractivity contribution in [2.45, 2.75) is 18.7 Å². The van der Waals surface area contributed by atoms with Gasteiger partial charge in [0, 0.05) is 16.6 Å². The van der Waals surface area contributed by atoms with Gasteiger partial charge in [-0.3, -0.25) is 14.9 Å². The molecule has 2 aromatic carbocycles. The number of benzene rings is 2. The highest BCUT2D eigenvalue weighted by atomic mass is 79.9. The summed E-state index contributed by atoms with van der Waals surface area (Å²) in [5.74, 6) is -0.467. The SMILES string of the molecule is CC(=O)c1cc(Br)ccc1OS(=O)(=O)c1ccc([N+](=O)[O-])cc1C. The molecule has 0 fully saturated rings. The van der Waals surface area contributed by atoms with E-state index >= 15 is 0 Å². The number of ketones is 1. The second kappa shape index (κ2) is 6.70. The van der Waals surface area contributed by atoms with E-state index in [4.69, 9.17) is 4.18 Å². The van der Waals surface area contributed by atoms with Gasteiger partial charge in [-0.1, -0.05) is 15.9 Å².